The van der Waals surface area contributed by atoms with Gasteiger partial charge < -0.3 is 19.9 Å². The lowest BCUT2D eigenvalue weighted by atomic mass is 10.0. The van der Waals surface area contributed by atoms with Crippen molar-refractivity contribution in [3.8, 4) is 11.5 Å². The highest BCUT2D eigenvalue weighted by Gasteiger charge is 2.38. The van der Waals surface area contributed by atoms with Gasteiger partial charge in [0, 0.05) is 0 Å². The van der Waals surface area contributed by atoms with Crippen molar-refractivity contribution in [1.82, 2.24) is 5.32 Å². The normalized spacial score (nSPS) is 21.1. The van der Waals surface area contributed by atoms with Crippen molar-refractivity contribution in [1.29, 1.82) is 0 Å². The number of hydrogen-bond acceptors (Lipinski definition) is 4. The van der Waals surface area contributed by atoms with Gasteiger partial charge in [-0.15, -0.1) is 0 Å². The number of hydrogen-bond donors (Lipinski definition) is 2. The van der Waals surface area contributed by atoms with E-state index in [-0.39, 0.29) is 0 Å². The highest BCUT2D eigenvalue weighted by Crippen LogP contribution is 2.33. The summed E-state index contributed by atoms with van der Waals surface area (Å²) in [4.78, 5) is 23.2. The Hall–Kier alpha value is -2.24. The molecule has 1 amide bonds. The topological polar surface area (TPSA) is 84.9 Å². The van der Waals surface area contributed by atoms with Crippen LogP contribution in [0.25, 0.3) is 0 Å². The Balaban J connectivity index is 2.14. The molecular weight excluding hydrogens is 262 g/mol. The zero-order chi connectivity index (χ0) is 14.9. The van der Waals surface area contributed by atoms with Crippen LogP contribution in [0.5, 0.6) is 11.5 Å². The van der Waals surface area contributed by atoms with Crippen LogP contribution in [0.1, 0.15) is 20.8 Å². The summed E-state index contributed by atoms with van der Waals surface area (Å²) in [5, 5.41) is 11.5. The highest BCUT2D eigenvalue weighted by atomic mass is 16.6. The van der Waals surface area contributed by atoms with Gasteiger partial charge in [0.2, 0.25) is 6.10 Å². The number of fused-ring (bicyclic) bond motifs is 1. The number of carbonyl (C=O) groups is 2. The molecule has 0 fully saturated rings. The first-order chi connectivity index (χ1) is 9.31. The number of carbonyl (C=O) groups excluding carboxylic acids is 1. The van der Waals surface area contributed by atoms with E-state index in [2.05, 4.69) is 5.32 Å². The summed E-state index contributed by atoms with van der Waals surface area (Å²) in [6.07, 6.45) is -1.39. The Morgan fingerprint density at radius 3 is 2.30 bits per heavy atom. The number of nitrogens with one attached hydrogen (secondary N) is 1. The summed E-state index contributed by atoms with van der Waals surface area (Å²) >= 11 is 0. The molecule has 1 aliphatic heterocycles. The standard InChI is InChI=1S/C14H17NO5/c1-8-11(12(16)15-14(2,3)13(17)18)20-10-7-5-4-6-9(10)19-8/h4-8,11H,1-3H3,(H,15,16)(H,17,18). The molecule has 0 spiro atoms. The smallest absolute Gasteiger partial charge is 0.328 e. The van der Waals surface area contributed by atoms with Crippen molar-refractivity contribution in [2.24, 2.45) is 0 Å². The van der Waals surface area contributed by atoms with Crippen molar-refractivity contribution in [3.63, 3.8) is 0 Å². The van der Waals surface area contributed by atoms with Crippen LogP contribution in [0.2, 0.25) is 0 Å². The molecule has 1 heterocycles. The van der Waals surface area contributed by atoms with Crippen LogP contribution in [-0.2, 0) is 9.59 Å². The van der Waals surface area contributed by atoms with E-state index in [0.717, 1.165) is 0 Å². The minimum Gasteiger partial charge on any atom is -0.482 e. The third-order valence-corrected chi connectivity index (χ3v) is 3.07. The molecular formula is C14H17NO5. The predicted molar refractivity (Wildman–Crippen MR) is 70.8 cm³/mol. The van der Waals surface area contributed by atoms with Gasteiger partial charge in [0.15, 0.2) is 11.5 Å². The molecule has 2 atom stereocenters. The van der Waals surface area contributed by atoms with E-state index in [9.17, 15) is 9.59 Å². The molecule has 1 aromatic carbocycles. The molecule has 108 valence electrons. The molecule has 2 rings (SSSR count). The lowest BCUT2D eigenvalue weighted by molar-refractivity contribution is -0.148. The molecule has 0 saturated carbocycles. The number of benzene rings is 1. The minimum atomic E-state index is -1.36. The number of aliphatic carboxylic acids is 1. The average Bonchev–Trinajstić information content (AvgIpc) is 2.37. The fourth-order valence-corrected chi connectivity index (χ4v) is 1.84. The van der Waals surface area contributed by atoms with E-state index in [1.165, 1.54) is 13.8 Å². The van der Waals surface area contributed by atoms with Crippen molar-refractivity contribution < 1.29 is 24.2 Å². The second kappa shape index (κ2) is 5.03. The summed E-state index contributed by atoms with van der Waals surface area (Å²) in [6, 6.07) is 7.03. The molecule has 6 nitrogen and oxygen atoms in total. The first-order valence-corrected chi connectivity index (χ1v) is 6.29. The van der Waals surface area contributed by atoms with Gasteiger partial charge in [-0.3, -0.25) is 4.79 Å². The Morgan fingerprint density at radius 2 is 1.75 bits per heavy atom. The van der Waals surface area contributed by atoms with E-state index in [4.69, 9.17) is 14.6 Å². The molecule has 1 aromatic rings. The minimum absolute atomic E-state index is 0.471. The van der Waals surface area contributed by atoms with Gasteiger partial charge in [0.1, 0.15) is 11.6 Å². The highest BCUT2D eigenvalue weighted by molar-refractivity contribution is 5.89. The molecule has 0 aromatic heterocycles. The van der Waals surface area contributed by atoms with Gasteiger partial charge in [-0.1, -0.05) is 12.1 Å². The SMILES string of the molecule is CC1Oc2ccccc2OC1C(=O)NC(C)(C)C(=O)O. The summed E-state index contributed by atoms with van der Waals surface area (Å²) in [6.45, 7) is 4.53. The van der Waals surface area contributed by atoms with Gasteiger partial charge >= 0.3 is 5.97 Å². The first-order valence-electron chi connectivity index (χ1n) is 6.29. The molecule has 0 bridgehead atoms. The van der Waals surface area contributed by atoms with Crippen LogP contribution in [0.4, 0.5) is 0 Å². The maximum Gasteiger partial charge on any atom is 0.328 e. The van der Waals surface area contributed by atoms with Crippen LogP contribution < -0.4 is 14.8 Å². The Kier molecular flexibility index (Phi) is 3.57. The monoisotopic (exact) mass is 279 g/mol. The van der Waals surface area contributed by atoms with Crippen LogP contribution in [-0.4, -0.2) is 34.7 Å². The van der Waals surface area contributed by atoms with Gasteiger partial charge in [-0.2, -0.15) is 0 Å². The second-order valence-corrected chi connectivity index (χ2v) is 5.23. The van der Waals surface area contributed by atoms with E-state index in [1.807, 2.05) is 6.07 Å². The van der Waals surface area contributed by atoms with Gasteiger partial charge in [-0.25, -0.2) is 4.79 Å². The maximum absolute atomic E-state index is 12.2. The van der Waals surface area contributed by atoms with Crippen molar-refractivity contribution in [2.75, 3.05) is 0 Å². The Labute approximate surface area is 116 Å². The fraction of sp³-hybridized carbons (Fsp3) is 0.429. The number of rotatable bonds is 3. The van der Waals surface area contributed by atoms with E-state index in [1.54, 1.807) is 25.1 Å². The molecule has 2 N–H and O–H groups in total. The maximum atomic E-state index is 12.2. The molecule has 0 saturated heterocycles. The van der Waals surface area contributed by atoms with Gasteiger partial charge in [-0.05, 0) is 32.9 Å². The zero-order valence-corrected chi connectivity index (χ0v) is 11.5. The fourth-order valence-electron chi connectivity index (χ4n) is 1.84. The summed E-state index contributed by atoms with van der Waals surface area (Å²) in [5.41, 5.74) is -1.36. The van der Waals surface area contributed by atoms with Crippen molar-refractivity contribution in [2.45, 2.75) is 38.5 Å². The van der Waals surface area contributed by atoms with E-state index >= 15 is 0 Å². The number of ether oxygens (including phenoxy) is 2. The van der Waals surface area contributed by atoms with E-state index in [0.29, 0.717) is 11.5 Å². The molecule has 2 unspecified atom stereocenters. The number of carboxylic acid groups (broad SMARTS) is 1. The molecule has 6 heteroatoms. The quantitative estimate of drug-likeness (QED) is 0.868. The second-order valence-electron chi connectivity index (χ2n) is 5.23. The van der Waals surface area contributed by atoms with Crippen molar-refractivity contribution >= 4 is 11.9 Å². The predicted octanol–water partition coefficient (Wildman–Crippen LogP) is 1.19. The Bertz CT molecular complexity index is 540. The zero-order valence-electron chi connectivity index (χ0n) is 11.5. The Morgan fingerprint density at radius 1 is 1.20 bits per heavy atom. The molecule has 1 aliphatic rings. The summed E-state index contributed by atoms with van der Waals surface area (Å²) < 4.78 is 11.2. The van der Waals surface area contributed by atoms with Crippen LogP contribution in [0, 0.1) is 0 Å². The third kappa shape index (κ3) is 2.68. The van der Waals surface area contributed by atoms with Gasteiger partial charge in [0.25, 0.3) is 5.91 Å². The van der Waals surface area contributed by atoms with Crippen LogP contribution in [0.3, 0.4) is 0 Å². The lowest BCUT2D eigenvalue weighted by Crippen LogP contribution is -2.57. The molecule has 0 radical (unpaired) electrons. The summed E-state index contributed by atoms with van der Waals surface area (Å²) in [7, 11) is 0. The first kappa shape index (κ1) is 14.2. The number of carboxylic acids is 1. The number of para-hydroxylation sites is 2. The van der Waals surface area contributed by atoms with Crippen molar-refractivity contribution in [3.05, 3.63) is 24.3 Å². The summed E-state index contributed by atoms with van der Waals surface area (Å²) in [5.74, 6) is -0.588. The molecule has 20 heavy (non-hydrogen) atoms. The third-order valence-electron chi connectivity index (χ3n) is 3.07. The van der Waals surface area contributed by atoms with Gasteiger partial charge in [0.05, 0.1) is 0 Å². The lowest BCUT2D eigenvalue weighted by Gasteiger charge is -2.32. The largest absolute Gasteiger partial charge is 0.482 e. The molecule has 0 aliphatic carbocycles. The average molecular weight is 279 g/mol. The number of amides is 1. The van der Waals surface area contributed by atoms with Crippen LogP contribution >= 0.6 is 0 Å². The van der Waals surface area contributed by atoms with E-state index < -0.39 is 29.6 Å². The van der Waals surface area contributed by atoms with Crippen LogP contribution in [0.15, 0.2) is 24.3 Å².